The van der Waals surface area contributed by atoms with Crippen molar-refractivity contribution in [3.05, 3.63) is 42.0 Å². The Hall–Kier alpha value is -1.39. The molecule has 0 unspecified atom stereocenters. The van der Waals surface area contributed by atoms with Gasteiger partial charge in [-0.2, -0.15) is 0 Å². The molecule has 21 heavy (non-hydrogen) atoms. The van der Waals surface area contributed by atoms with Crippen LogP contribution in [0.4, 0.5) is 0 Å². The maximum atomic E-state index is 12.7. The molecule has 3 rings (SSSR count). The molecule has 4 heteroatoms. The second-order valence-corrected chi connectivity index (χ2v) is 8.17. The van der Waals surface area contributed by atoms with Crippen molar-refractivity contribution in [3.8, 4) is 0 Å². The third-order valence-electron chi connectivity index (χ3n) is 4.21. The van der Waals surface area contributed by atoms with Gasteiger partial charge in [0.1, 0.15) is 0 Å². The fraction of sp³-hybridized carbons (Fsp3) is 0.412. The molecule has 1 N–H and O–H groups in total. The Kier molecular flexibility index (Phi) is 3.34. The summed E-state index contributed by atoms with van der Waals surface area (Å²) in [7, 11) is -3.47. The molecule has 0 aromatic heterocycles. The lowest BCUT2D eigenvalue weighted by Gasteiger charge is -2.16. The summed E-state index contributed by atoms with van der Waals surface area (Å²) in [4.78, 5) is 0.385. The van der Waals surface area contributed by atoms with E-state index in [-0.39, 0.29) is 5.54 Å². The number of hydrogen-bond acceptors (Lipinski definition) is 2. The molecule has 1 aliphatic rings. The second kappa shape index (κ2) is 4.82. The van der Waals surface area contributed by atoms with Crippen molar-refractivity contribution >= 4 is 20.8 Å². The van der Waals surface area contributed by atoms with E-state index in [9.17, 15) is 8.42 Å². The van der Waals surface area contributed by atoms with Gasteiger partial charge in [-0.15, -0.1) is 0 Å². The van der Waals surface area contributed by atoms with Crippen LogP contribution in [-0.4, -0.2) is 14.0 Å². The highest BCUT2D eigenvalue weighted by Crippen LogP contribution is 2.37. The lowest BCUT2D eigenvalue weighted by Crippen LogP contribution is -2.34. The number of fused-ring (bicyclic) bond motifs is 1. The van der Waals surface area contributed by atoms with Crippen LogP contribution in [0.3, 0.4) is 0 Å². The van der Waals surface area contributed by atoms with E-state index in [1.165, 1.54) is 5.56 Å². The van der Waals surface area contributed by atoms with E-state index in [0.29, 0.717) is 10.8 Å². The SMILES string of the molecule is CC(C)c1ccc(S(=O)(=O)NC2(C)CC2)c2ccccc12. The summed E-state index contributed by atoms with van der Waals surface area (Å²) < 4.78 is 28.2. The summed E-state index contributed by atoms with van der Waals surface area (Å²) in [6, 6.07) is 11.4. The van der Waals surface area contributed by atoms with E-state index < -0.39 is 10.0 Å². The molecule has 0 bridgehead atoms. The third-order valence-corrected chi connectivity index (χ3v) is 5.91. The Morgan fingerprint density at radius 3 is 2.24 bits per heavy atom. The molecule has 112 valence electrons. The highest BCUT2D eigenvalue weighted by molar-refractivity contribution is 7.89. The maximum absolute atomic E-state index is 12.7. The van der Waals surface area contributed by atoms with Crippen LogP contribution in [0.5, 0.6) is 0 Å². The molecule has 0 saturated heterocycles. The minimum atomic E-state index is -3.47. The van der Waals surface area contributed by atoms with Crippen LogP contribution in [0, 0.1) is 0 Å². The molecule has 3 nitrogen and oxygen atoms in total. The van der Waals surface area contributed by atoms with Gasteiger partial charge in [-0.1, -0.05) is 44.2 Å². The predicted octanol–water partition coefficient (Wildman–Crippen LogP) is 3.79. The summed E-state index contributed by atoms with van der Waals surface area (Å²) in [6.07, 6.45) is 1.82. The zero-order valence-corrected chi connectivity index (χ0v) is 13.5. The number of benzene rings is 2. The van der Waals surface area contributed by atoms with Crippen molar-refractivity contribution in [2.75, 3.05) is 0 Å². The number of rotatable bonds is 4. The normalized spacial score (nSPS) is 17.3. The Bertz CT molecular complexity index is 790. The van der Waals surface area contributed by atoms with E-state index in [1.54, 1.807) is 6.07 Å². The Balaban J connectivity index is 2.18. The molecule has 0 amide bonds. The van der Waals surface area contributed by atoms with Gasteiger partial charge in [0.2, 0.25) is 10.0 Å². The van der Waals surface area contributed by atoms with Crippen molar-refractivity contribution in [3.63, 3.8) is 0 Å². The van der Waals surface area contributed by atoms with Gasteiger partial charge in [0.15, 0.2) is 0 Å². The first-order chi connectivity index (χ1) is 9.82. The van der Waals surface area contributed by atoms with Crippen molar-refractivity contribution in [2.24, 2.45) is 0 Å². The van der Waals surface area contributed by atoms with Crippen LogP contribution in [0.25, 0.3) is 10.8 Å². The van der Waals surface area contributed by atoms with Gasteiger partial charge in [-0.05, 0) is 42.7 Å². The molecule has 1 saturated carbocycles. The van der Waals surface area contributed by atoms with E-state index in [0.717, 1.165) is 23.6 Å². The lowest BCUT2D eigenvalue weighted by atomic mass is 9.96. The minimum absolute atomic E-state index is 0.253. The molecule has 2 aromatic rings. The molecule has 0 spiro atoms. The van der Waals surface area contributed by atoms with Crippen molar-refractivity contribution in [1.82, 2.24) is 4.72 Å². The highest BCUT2D eigenvalue weighted by Gasteiger charge is 2.41. The van der Waals surface area contributed by atoms with Gasteiger partial charge in [-0.3, -0.25) is 0 Å². The van der Waals surface area contributed by atoms with Crippen molar-refractivity contribution < 1.29 is 8.42 Å². The van der Waals surface area contributed by atoms with Gasteiger partial charge < -0.3 is 0 Å². The summed E-state index contributed by atoms with van der Waals surface area (Å²) in [6.45, 7) is 6.20. The maximum Gasteiger partial charge on any atom is 0.241 e. The average Bonchev–Trinajstić information content (AvgIpc) is 3.13. The quantitative estimate of drug-likeness (QED) is 0.934. The smallest absolute Gasteiger partial charge is 0.207 e. The average molecular weight is 303 g/mol. The Morgan fingerprint density at radius 1 is 1.05 bits per heavy atom. The molecular formula is C17H21NO2S. The first-order valence-electron chi connectivity index (χ1n) is 7.38. The molecule has 0 radical (unpaired) electrons. The van der Waals surface area contributed by atoms with Crippen LogP contribution in [-0.2, 0) is 10.0 Å². The summed E-state index contributed by atoms with van der Waals surface area (Å²) in [5.74, 6) is 0.362. The molecule has 1 fully saturated rings. The first kappa shape index (κ1) is 14.5. The van der Waals surface area contributed by atoms with E-state index in [4.69, 9.17) is 0 Å². The van der Waals surface area contributed by atoms with Gasteiger partial charge in [0.25, 0.3) is 0 Å². The van der Waals surface area contributed by atoms with Gasteiger partial charge in [0, 0.05) is 10.9 Å². The molecule has 1 aliphatic carbocycles. The second-order valence-electron chi connectivity index (χ2n) is 6.52. The molecule has 0 atom stereocenters. The topological polar surface area (TPSA) is 46.2 Å². The van der Waals surface area contributed by atoms with Crippen LogP contribution >= 0.6 is 0 Å². The molecular weight excluding hydrogens is 282 g/mol. The molecule has 2 aromatic carbocycles. The Morgan fingerprint density at radius 2 is 1.67 bits per heavy atom. The van der Waals surface area contributed by atoms with Crippen LogP contribution in [0.1, 0.15) is 45.1 Å². The van der Waals surface area contributed by atoms with Gasteiger partial charge >= 0.3 is 0 Å². The summed E-state index contributed by atoms with van der Waals surface area (Å²) in [5, 5.41) is 1.83. The predicted molar refractivity (Wildman–Crippen MR) is 86.0 cm³/mol. The summed E-state index contributed by atoms with van der Waals surface area (Å²) in [5.41, 5.74) is 0.929. The number of nitrogens with one attached hydrogen (secondary N) is 1. The van der Waals surface area contributed by atoms with Crippen molar-refractivity contribution in [2.45, 2.75) is 50.0 Å². The number of sulfonamides is 1. The zero-order valence-electron chi connectivity index (χ0n) is 12.7. The third kappa shape index (κ3) is 2.70. The van der Waals surface area contributed by atoms with Crippen LogP contribution < -0.4 is 4.72 Å². The highest BCUT2D eigenvalue weighted by atomic mass is 32.2. The monoisotopic (exact) mass is 303 g/mol. The molecule has 0 heterocycles. The minimum Gasteiger partial charge on any atom is -0.207 e. The summed E-state index contributed by atoms with van der Waals surface area (Å²) >= 11 is 0. The van der Waals surface area contributed by atoms with E-state index in [1.807, 2.05) is 37.3 Å². The zero-order chi connectivity index (χ0) is 15.3. The standard InChI is InChI=1S/C17H21NO2S/c1-12(2)13-8-9-16(15-7-5-4-6-14(13)15)21(19,20)18-17(3)10-11-17/h4-9,12,18H,10-11H2,1-3H3. The largest absolute Gasteiger partial charge is 0.241 e. The van der Waals surface area contributed by atoms with Gasteiger partial charge in [0.05, 0.1) is 4.90 Å². The van der Waals surface area contributed by atoms with Crippen LogP contribution in [0.15, 0.2) is 41.3 Å². The Labute approximate surface area is 126 Å². The van der Waals surface area contributed by atoms with E-state index >= 15 is 0 Å². The first-order valence-corrected chi connectivity index (χ1v) is 8.86. The van der Waals surface area contributed by atoms with Crippen molar-refractivity contribution in [1.29, 1.82) is 0 Å². The van der Waals surface area contributed by atoms with Crippen LogP contribution in [0.2, 0.25) is 0 Å². The lowest BCUT2D eigenvalue weighted by molar-refractivity contribution is 0.559. The van der Waals surface area contributed by atoms with E-state index in [2.05, 4.69) is 18.6 Å². The van der Waals surface area contributed by atoms with Gasteiger partial charge in [-0.25, -0.2) is 13.1 Å². The fourth-order valence-electron chi connectivity index (χ4n) is 2.70. The fourth-order valence-corrected chi connectivity index (χ4v) is 4.38. The number of hydrogen-bond donors (Lipinski definition) is 1. The molecule has 0 aliphatic heterocycles.